The number of rotatable bonds is 6. The Morgan fingerprint density at radius 1 is 1.48 bits per heavy atom. The van der Waals surface area contributed by atoms with E-state index < -0.39 is 5.97 Å². The van der Waals surface area contributed by atoms with Crippen LogP contribution in [0, 0.1) is 12.5 Å². The molecule has 0 saturated heterocycles. The Balaban J connectivity index is 1.79. The highest BCUT2D eigenvalue weighted by Crippen LogP contribution is 2.34. The number of carbonyl (C=O) groups excluding carboxylic acids is 1. The minimum Gasteiger partial charge on any atom is -0.504 e. The molecular formula is C17H17N3O3. The minimum absolute atomic E-state index is 0.318. The van der Waals surface area contributed by atoms with E-state index in [9.17, 15) is 4.79 Å². The highest BCUT2D eigenvalue weighted by atomic mass is 16.5. The normalized spacial score (nSPS) is 13.4. The second-order valence-electron chi connectivity index (χ2n) is 5.41. The van der Waals surface area contributed by atoms with Crippen LogP contribution in [-0.2, 0) is 4.74 Å². The van der Waals surface area contributed by atoms with Crippen molar-refractivity contribution in [1.82, 2.24) is 9.78 Å². The smallest absolute Gasteiger partial charge is 0.341 e. The van der Waals surface area contributed by atoms with Crippen LogP contribution < -0.4 is 4.74 Å². The van der Waals surface area contributed by atoms with Gasteiger partial charge in [0.2, 0.25) is 5.69 Å². The van der Waals surface area contributed by atoms with Crippen LogP contribution in [0.3, 0.4) is 0 Å². The van der Waals surface area contributed by atoms with Crippen molar-refractivity contribution in [3.8, 4) is 11.4 Å². The van der Waals surface area contributed by atoms with Gasteiger partial charge in [0.15, 0.2) is 0 Å². The molecule has 0 radical (unpaired) electrons. The van der Waals surface area contributed by atoms with E-state index in [0.717, 1.165) is 0 Å². The maximum atomic E-state index is 11.7. The molecular weight excluding hydrogens is 294 g/mol. The van der Waals surface area contributed by atoms with Crippen LogP contribution in [-0.4, -0.2) is 29.0 Å². The molecule has 0 spiro atoms. The SMILES string of the molecule is [C-]#[N+]c1cc(-n2cc(C(=O)OCC)cn2)ccc1OCC1CC1. The molecule has 0 bridgehead atoms. The third kappa shape index (κ3) is 3.51. The predicted octanol–water partition coefficient (Wildman–Crippen LogP) is 3.39. The lowest BCUT2D eigenvalue weighted by atomic mass is 10.2. The van der Waals surface area contributed by atoms with Crippen molar-refractivity contribution in [2.24, 2.45) is 5.92 Å². The molecule has 6 heteroatoms. The highest BCUT2D eigenvalue weighted by Gasteiger charge is 2.22. The van der Waals surface area contributed by atoms with Crippen molar-refractivity contribution >= 4 is 11.7 Å². The van der Waals surface area contributed by atoms with Gasteiger partial charge in [0.1, 0.15) is 5.75 Å². The lowest BCUT2D eigenvalue weighted by Gasteiger charge is -2.09. The Morgan fingerprint density at radius 3 is 3.00 bits per heavy atom. The van der Waals surface area contributed by atoms with Gasteiger partial charge in [-0.25, -0.2) is 14.3 Å². The van der Waals surface area contributed by atoms with Crippen LogP contribution >= 0.6 is 0 Å². The lowest BCUT2D eigenvalue weighted by molar-refractivity contribution is 0.0526. The zero-order valence-corrected chi connectivity index (χ0v) is 12.9. The Bertz CT molecular complexity index is 757. The average Bonchev–Trinajstić information content (AvgIpc) is 3.26. The van der Waals surface area contributed by atoms with Gasteiger partial charge in [-0.2, -0.15) is 5.10 Å². The van der Waals surface area contributed by atoms with Crippen LogP contribution in [0.1, 0.15) is 30.1 Å². The first-order valence-electron chi connectivity index (χ1n) is 7.57. The first-order valence-corrected chi connectivity index (χ1v) is 7.57. The van der Waals surface area contributed by atoms with Gasteiger partial charge in [-0.3, -0.25) is 0 Å². The number of benzene rings is 1. The third-order valence-corrected chi connectivity index (χ3v) is 3.59. The van der Waals surface area contributed by atoms with Crippen molar-refractivity contribution in [3.05, 3.63) is 47.6 Å². The second kappa shape index (κ2) is 6.53. The zero-order valence-electron chi connectivity index (χ0n) is 12.9. The molecule has 118 valence electrons. The van der Waals surface area contributed by atoms with E-state index in [1.807, 2.05) is 6.07 Å². The van der Waals surface area contributed by atoms with Gasteiger partial charge in [-0.05, 0) is 43.9 Å². The summed E-state index contributed by atoms with van der Waals surface area (Å²) >= 11 is 0. The Labute approximate surface area is 134 Å². The van der Waals surface area contributed by atoms with Crippen LogP contribution in [0.5, 0.6) is 5.75 Å². The molecule has 1 aromatic carbocycles. The molecule has 2 aromatic rings. The van der Waals surface area contributed by atoms with Gasteiger partial charge >= 0.3 is 5.97 Å². The number of esters is 1. The van der Waals surface area contributed by atoms with E-state index in [4.69, 9.17) is 16.0 Å². The van der Waals surface area contributed by atoms with Crippen LogP contribution in [0.2, 0.25) is 0 Å². The summed E-state index contributed by atoms with van der Waals surface area (Å²) < 4.78 is 12.2. The number of ether oxygens (including phenoxy) is 2. The molecule has 0 aliphatic heterocycles. The molecule has 23 heavy (non-hydrogen) atoms. The molecule has 1 aliphatic carbocycles. The molecule has 6 nitrogen and oxygen atoms in total. The average molecular weight is 311 g/mol. The second-order valence-corrected chi connectivity index (χ2v) is 5.41. The summed E-state index contributed by atoms with van der Waals surface area (Å²) in [5.41, 5.74) is 1.52. The number of carbonyl (C=O) groups is 1. The summed E-state index contributed by atoms with van der Waals surface area (Å²) in [6.45, 7) is 10.1. The van der Waals surface area contributed by atoms with Gasteiger partial charge in [-0.1, -0.05) is 0 Å². The van der Waals surface area contributed by atoms with Gasteiger partial charge < -0.3 is 9.47 Å². The summed E-state index contributed by atoms with van der Waals surface area (Å²) in [6.07, 6.45) is 5.45. The first-order chi connectivity index (χ1) is 11.2. The molecule has 1 saturated carbocycles. The topological polar surface area (TPSA) is 57.7 Å². The fourth-order valence-electron chi connectivity index (χ4n) is 2.13. The van der Waals surface area contributed by atoms with Crippen molar-refractivity contribution in [1.29, 1.82) is 0 Å². The monoisotopic (exact) mass is 311 g/mol. The third-order valence-electron chi connectivity index (χ3n) is 3.59. The number of hydrogen-bond donors (Lipinski definition) is 0. The van der Waals surface area contributed by atoms with Gasteiger partial charge in [0.25, 0.3) is 0 Å². The molecule has 0 amide bonds. The number of nitrogens with zero attached hydrogens (tertiary/aromatic N) is 3. The van der Waals surface area contributed by atoms with Gasteiger partial charge in [0, 0.05) is 6.20 Å². The van der Waals surface area contributed by atoms with Crippen LogP contribution in [0.4, 0.5) is 5.69 Å². The van der Waals surface area contributed by atoms with Crippen molar-refractivity contribution in [3.63, 3.8) is 0 Å². The number of aromatic nitrogens is 2. The van der Waals surface area contributed by atoms with E-state index in [-0.39, 0.29) is 0 Å². The molecule has 1 heterocycles. The molecule has 0 N–H and O–H groups in total. The van der Waals surface area contributed by atoms with E-state index in [1.54, 1.807) is 29.9 Å². The summed E-state index contributed by atoms with van der Waals surface area (Å²) in [6, 6.07) is 5.30. The van der Waals surface area contributed by atoms with Gasteiger partial charge in [0.05, 0.1) is 37.2 Å². The minimum atomic E-state index is -0.409. The fourth-order valence-corrected chi connectivity index (χ4v) is 2.13. The quantitative estimate of drug-likeness (QED) is 0.606. The van der Waals surface area contributed by atoms with Crippen molar-refractivity contribution < 1.29 is 14.3 Å². The number of hydrogen-bond acceptors (Lipinski definition) is 4. The molecule has 0 atom stereocenters. The summed E-state index contributed by atoms with van der Waals surface area (Å²) in [7, 11) is 0. The van der Waals surface area contributed by atoms with E-state index in [0.29, 0.717) is 41.8 Å². The Kier molecular flexibility index (Phi) is 4.29. The summed E-state index contributed by atoms with van der Waals surface area (Å²) in [4.78, 5) is 15.2. The Hall–Kier alpha value is -2.81. The molecule has 1 aliphatic rings. The van der Waals surface area contributed by atoms with Crippen LogP contribution in [0.25, 0.3) is 10.5 Å². The molecule has 3 rings (SSSR count). The lowest BCUT2D eigenvalue weighted by Crippen LogP contribution is -2.03. The highest BCUT2D eigenvalue weighted by molar-refractivity contribution is 5.88. The van der Waals surface area contributed by atoms with E-state index >= 15 is 0 Å². The summed E-state index contributed by atoms with van der Waals surface area (Å²) in [5, 5.41) is 4.15. The maximum absolute atomic E-state index is 11.7. The largest absolute Gasteiger partial charge is 0.504 e. The van der Waals surface area contributed by atoms with Crippen LogP contribution in [0.15, 0.2) is 30.6 Å². The standard InChI is InChI=1S/C17H17N3O3/c1-3-22-17(21)13-9-19-20(10-13)14-6-7-16(15(8-14)18-2)23-11-12-4-5-12/h6-10,12H,3-5,11H2,1H3. The Morgan fingerprint density at radius 2 is 2.30 bits per heavy atom. The maximum Gasteiger partial charge on any atom is 0.341 e. The van der Waals surface area contributed by atoms with Crippen molar-refractivity contribution in [2.45, 2.75) is 19.8 Å². The first kappa shape index (κ1) is 15.1. The zero-order chi connectivity index (χ0) is 16.2. The molecule has 1 fully saturated rings. The van der Waals surface area contributed by atoms with Gasteiger partial charge in [-0.15, -0.1) is 0 Å². The van der Waals surface area contributed by atoms with Crippen molar-refractivity contribution in [2.75, 3.05) is 13.2 Å². The summed E-state index contributed by atoms with van der Waals surface area (Å²) in [5.74, 6) is 0.813. The molecule has 0 unspecified atom stereocenters. The van der Waals surface area contributed by atoms with E-state index in [2.05, 4.69) is 9.94 Å². The fraction of sp³-hybridized carbons (Fsp3) is 0.353. The predicted molar refractivity (Wildman–Crippen MR) is 84.0 cm³/mol. The van der Waals surface area contributed by atoms with E-state index in [1.165, 1.54) is 19.0 Å². The molecule has 1 aromatic heterocycles.